The number of nitrogens with one attached hydrogen (secondary N) is 1. The lowest BCUT2D eigenvalue weighted by Gasteiger charge is -2.24. The third-order valence-corrected chi connectivity index (χ3v) is 4.55. The Hall–Kier alpha value is -2.12. The molecule has 130 valence electrons. The minimum absolute atomic E-state index is 0.212. The standard InChI is InChI=1S/C17H23N3O4/c1-12-4-2-5-13-15(12)19-14(24-13)10-18-16(22)20-8-3-6-17(23,11-21)7-9-20/h2,4-5,21,23H,3,6-11H2,1H3,(H,18,22)/t17-/m1/s1. The van der Waals surface area contributed by atoms with Gasteiger partial charge in [-0.2, -0.15) is 0 Å². The van der Waals surface area contributed by atoms with Crippen LogP contribution in [-0.2, 0) is 6.54 Å². The maximum absolute atomic E-state index is 12.3. The summed E-state index contributed by atoms with van der Waals surface area (Å²) in [5, 5.41) is 22.2. The van der Waals surface area contributed by atoms with Crippen LogP contribution < -0.4 is 5.32 Å². The van der Waals surface area contributed by atoms with Crippen LogP contribution in [0.1, 0.15) is 30.7 Å². The number of carbonyl (C=O) groups is 1. The number of likely N-dealkylation sites (tertiary alicyclic amines) is 1. The van der Waals surface area contributed by atoms with Gasteiger partial charge in [0.2, 0.25) is 5.89 Å². The van der Waals surface area contributed by atoms with Gasteiger partial charge in [0.05, 0.1) is 18.8 Å². The van der Waals surface area contributed by atoms with Gasteiger partial charge in [0.25, 0.3) is 0 Å². The molecule has 24 heavy (non-hydrogen) atoms. The molecule has 2 aromatic rings. The van der Waals surface area contributed by atoms with E-state index >= 15 is 0 Å². The van der Waals surface area contributed by atoms with Crippen molar-refractivity contribution in [2.45, 2.75) is 38.3 Å². The number of nitrogens with zero attached hydrogens (tertiary/aromatic N) is 2. The highest BCUT2D eigenvalue weighted by molar-refractivity contribution is 5.76. The molecule has 3 rings (SSSR count). The maximum Gasteiger partial charge on any atom is 0.317 e. The average Bonchev–Trinajstić information content (AvgIpc) is 2.90. The first kappa shape index (κ1) is 16.7. The Balaban J connectivity index is 1.59. The Morgan fingerprint density at radius 1 is 1.42 bits per heavy atom. The van der Waals surface area contributed by atoms with Gasteiger partial charge in [0.15, 0.2) is 5.58 Å². The molecule has 1 aliphatic rings. The summed E-state index contributed by atoms with van der Waals surface area (Å²) >= 11 is 0. The fourth-order valence-electron chi connectivity index (χ4n) is 3.01. The van der Waals surface area contributed by atoms with Crippen molar-refractivity contribution >= 4 is 17.1 Å². The molecule has 0 spiro atoms. The zero-order chi connectivity index (χ0) is 17.2. The number of amides is 2. The number of para-hydroxylation sites is 1. The third-order valence-electron chi connectivity index (χ3n) is 4.55. The van der Waals surface area contributed by atoms with Gasteiger partial charge in [0.1, 0.15) is 5.52 Å². The normalized spacial score (nSPS) is 21.7. The molecular formula is C17H23N3O4. The Labute approximate surface area is 140 Å². The topological polar surface area (TPSA) is 98.8 Å². The number of rotatable bonds is 3. The number of hydrogen-bond acceptors (Lipinski definition) is 5. The summed E-state index contributed by atoms with van der Waals surface area (Å²) in [6.07, 6.45) is 1.53. The quantitative estimate of drug-likeness (QED) is 0.791. The summed E-state index contributed by atoms with van der Waals surface area (Å²) in [7, 11) is 0. The molecule has 0 bridgehead atoms. The first-order valence-corrected chi connectivity index (χ1v) is 8.22. The third kappa shape index (κ3) is 3.52. The van der Waals surface area contributed by atoms with E-state index in [-0.39, 0.29) is 19.2 Å². The number of hydrogen-bond donors (Lipinski definition) is 3. The van der Waals surface area contributed by atoms with E-state index in [4.69, 9.17) is 4.42 Å². The number of aliphatic hydroxyl groups excluding tert-OH is 1. The number of aryl methyl sites for hydroxylation is 1. The van der Waals surface area contributed by atoms with E-state index in [9.17, 15) is 15.0 Å². The number of oxazole rings is 1. The maximum atomic E-state index is 12.3. The molecule has 1 aromatic heterocycles. The summed E-state index contributed by atoms with van der Waals surface area (Å²) < 4.78 is 5.64. The molecule has 1 saturated heterocycles. The van der Waals surface area contributed by atoms with E-state index in [2.05, 4.69) is 10.3 Å². The van der Waals surface area contributed by atoms with E-state index in [0.29, 0.717) is 43.8 Å². The molecular weight excluding hydrogens is 310 g/mol. The van der Waals surface area contributed by atoms with Crippen molar-refractivity contribution in [3.63, 3.8) is 0 Å². The van der Waals surface area contributed by atoms with E-state index in [1.54, 1.807) is 4.90 Å². The number of carbonyl (C=O) groups excluding carboxylic acids is 1. The van der Waals surface area contributed by atoms with Crippen LogP contribution in [0.15, 0.2) is 22.6 Å². The van der Waals surface area contributed by atoms with Gasteiger partial charge in [0, 0.05) is 13.1 Å². The van der Waals surface area contributed by atoms with Crippen LogP contribution in [0.4, 0.5) is 4.79 Å². The lowest BCUT2D eigenvalue weighted by atomic mass is 9.96. The van der Waals surface area contributed by atoms with Gasteiger partial charge in [-0.15, -0.1) is 0 Å². The summed E-state index contributed by atoms with van der Waals surface area (Å²) in [5.74, 6) is 0.467. The second-order valence-electron chi connectivity index (χ2n) is 6.41. The van der Waals surface area contributed by atoms with Crippen molar-refractivity contribution in [1.29, 1.82) is 0 Å². The zero-order valence-corrected chi connectivity index (χ0v) is 13.8. The fourth-order valence-corrected chi connectivity index (χ4v) is 3.01. The highest BCUT2D eigenvalue weighted by atomic mass is 16.3. The van der Waals surface area contributed by atoms with Gasteiger partial charge in [-0.3, -0.25) is 0 Å². The monoisotopic (exact) mass is 333 g/mol. The largest absolute Gasteiger partial charge is 0.439 e. The minimum atomic E-state index is -1.08. The van der Waals surface area contributed by atoms with Gasteiger partial charge >= 0.3 is 6.03 Å². The first-order chi connectivity index (χ1) is 11.5. The second-order valence-corrected chi connectivity index (χ2v) is 6.41. The smallest absolute Gasteiger partial charge is 0.317 e. The minimum Gasteiger partial charge on any atom is -0.439 e. The number of benzene rings is 1. The highest BCUT2D eigenvalue weighted by Crippen LogP contribution is 2.22. The summed E-state index contributed by atoms with van der Waals surface area (Å²) in [5.41, 5.74) is 1.48. The molecule has 0 unspecified atom stereocenters. The van der Waals surface area contributed by atoms with E-state index in [0.717, 1.165) is 11.1 Å². The van der Waals surface area contributed by atoms with E-state index < -0.39 is 5.60 Å². The van der Waals surface area contributed by atoms with Crippen molar-refractivity contribution in [3.05, 3.63) is 29.7 Å². The SMILES string of the molecule is Cc1cccc2oc(CNC(=O)N3CCC[C@](O)(CO)CC3)nc12. The molecule has 1 atom stereocenters. The molecule has 3 N–H and O–H groups in total. The lowest BCUT2D eigenvalue weighted by Crippen LogP contribution is -2.41. The van der Waals surface area contributed by atoms with Crippen molar-refractivity contribution in [2.75, 3.05) is 19.7 Å². The Morgan fingerprint density at radius 3 is 3.00 bits per heavy atom. The number of aromatic nitrogens is 1. The van der Waals surface area contributed by atoms with Crippen LogP contribution in [0.2, 0.25) is 0 Å². The molecule has 2 heterocycles. The molecule has 7 heteroatoms. The molecule has 2 amide bonds. The van der Waals surface area contributed by atoms with Crippen LogP contribution in [-0.4, -0.2) is 51.4 Å². The van der Waals surface area contributed by atoms with Crippen molar-refractivity contribution in [3.8, 4) is 0 Å². The molecule has 7 nitrogen and oxygen atoms in total. The predicted octanol–water partition coefficient (Wildman–Crippen LogP) is 1.56. The average molecular weight is 333 g/mol. The van der Waals surface area contributed by atoms with Crippen LogP contribution in [0.25, 0.3) is 11.1 Å². The zero-order valence-electron chi connectivity index (χ0n) is 13.8. The van der Waals surface area contributed by atoms with Crippen molar-refractivity contribution in [2.24, 2.45) is 0 Å². The highest BCUT2D eigenvalue weighted by Gasteiger charge is 2.30. The first-order valence-electron chi connectivity index (χ1n) is 8.22. The van der Waals surface area contributed by atoms with Crippen LogP contribution >= 0.6 is 0 Å². The molecule has 1 aromatic carbocycles. The molecule has 1 aliphatic heterocycles. The predicted molar refractivity (Wildman–Crippen MR) is 88.4 cm³/mol. The van der Waals surface area contributed by atoms with Crippen LogP contribution in [0.5, 0.6) is 0 Å². The Kier molecular flexibility index (Phi) is 4.73. The molecule has 0 aliphatic carbocycles. The van der Waals surface area contributed by atoms with Gasteiger partial charge in [-0.1, -0.05) is 12.1 Å². The Bertz CT molecular complexity index is 730. The fraction of sp³-hybridized carbons (Fsp3) is 0.529. The summed E-state index contributed by atoms with van der Waals surface area (Å²) in [6.45, 7) is 2.88. The lowest BCUT2D eigenvalue weighted by molar-refractivity contribution is -0.0248. The number of aliphatic hydroxyl groups is 2. The van der Waals surface area contributed by atoms with Gasteiger partial charge in [-0.25, -0.2) is 9.78 Å². The van der Waals surface area contributed by atoms with Crippen LogP contribution in [0.3, 0.4) is 0 Å². The van der Waals surface area contributed by atoms with Gasteiger partial charge < -0.3 is 24.8 Å². The number of fused-ring (bicyclic) bond motifs is 1. The van der Waals surface area contributed by atoms with Crippen molar-refractivity contribution in [1.82, 2.24) is 15.2 Å². The molecule has 0 saturated carbocycles. The van der Waals surface area contributed by atoms with Crippen molar-refractivity contribution < 1.29 is 19.4 Å². The summed E-state index contributed by atoms with van der Waals surface area (Å²) in [4.78, 5) is 18.4. The van der Waals surface area contributed by atoms with Crippen LogP contribution in [0, 0.1) is 6.92 Å². The number of urea groups is 1. The van der Waals surface area contributed by atoms with E-state index in [1.165, 1.54) is 0 Å². The second kappa shape index (κ2) is 6.78. The molecule has 1 fully saturated rings. The molecule has 0 radical (unpaired) electrons. The van der Waals surface area contributed by atoms with E-state index in [1.807, 2.05) is 25.1 Å². The summed E-state index contributed by atoms with van der Waals surface area (Å²) in [6, 6.07) is 5.51. The Morgan fingerprint density at radius 2 is 2.25 bits per heavy atom. The van der Waals surface area contributed by atoms with Gasteiger partial charge in [-0.05, 0) is 37.8 Å².